The van der Waals surface area contributed by atoms with Crippen LogP contribution in [-0.4, -0.2) is 42.0 Å². The number of nitrogens with zero attached hydrogens (tertiary/aromatic N) is 1. The van der Waals surface area contributed by atoms with Crippen LogP contribution < -0.4 is 11.1 Å². The van der Waals surface area contributed by atoms with Crippen LogP contribution in [0.2, 0.25) is 0 Å². The number of hydrogen-bond donors (Lipinski definition) is 2. The van der Waals surface area contributed by atoms with Gasteiger partial charge in [0.1, 0.15) is 0 Å². The molecular formula is C10H19N3O. The van der Waals surface area contributed by atoms with E-state index in [-0.39, 0.29) is 5.91 Å². The Morgan fingerprint density at radius 1 is 1.50 bits per heavy atom. The molecule has 2 heterocycles. The summed E-state index contributed by atoms with van der Waals surface area (Å²) >= 11 is 0. The van der Waals surface area contributed by atoms with Crippen LogP contribution >= 0.6 is 0 Å². The molecule has 0 unspecified atom stereocenters. The number of nitrogens with two attached hydrogens (primary N) is 1. The van der Waals surface area contributed by atoms with Crippen LogP contribution in [0.15, 0.2) is 0 Å². The van der Waals surface area contributed by atoms with Crippen molar-refractivity contribution >= 4 is 5.91 Å². The fourth-order valence-electron chi connectivity index (χ4n) is 2.47. The van der Waals surface area contributed by atoms with Crippen molar-refractivity contribution in [1.29, 1.82) is 0 Å². The first-order valence-corrected chi connectivity index (χ1v) is 5.31. The molecule has 0 aliphatic carbocycles. The first kappa shape index (κ1) is 9.93. The van der Waals surface area contributed by atoms with Gasteiger partial charge in [-0.3, -0.25) is 4.79 Å². The number of nitrogens with one attached hydrogen (secondary N) is 1. The third kappa shape index (κ3) is 1.53. The van der Waals surface area contributed by atoms with Crippen molar-refractivity contribution in [1.82, 2.24) is 10.2 Å². The van der Waals surface area contributed by atoms with Gasteiger partial charge in [0.15, 0.2) is 0 Å². The van der Waals surface area contributed by atoms with Gasteiger partial charge in [-0.2, -0.15) is 0 Å². The summed E-state index contributed by atoms with van der Waals surface area (Å²) in [7, 11) is 0. The van der Waals surface area contributed by atoms with E-state index >= 15 is 0 Å². The minimum absolute atomic E-state index is 0.0914. The summed E-state index contributed by atoms with van der Waals surface area (Å²) < 4.78 is 0. The fourth-order valence-corrected chi connectivity index (χ4v) is 2.47. The second kappa shape index (κ2) is 3.21. The normalized spacial score (nSPS) is 32.1. The molecule has 0 aromatic rings. The van der Waals surface area contributed by atoms with Gasteiger partial charge in [-0.1, -0.05) is 0 Å². The topological polar surface area (TPSA) is 58.4 Å². The van der Waals surface area contributed by atoms with Gasteiger partial charge in [-0.25, -0.2) is 0 Å². The van der Waals surface area contributed by atoms with Crippen molar-refractivity contribution in [3.63, 3.8) is 0 Å². The molecule has 0 aromatic carbocycles. The van der Waals surface area contributed by atoms with Crippen molar-refractivity contribution < 1.29 is 4.79 Å². The Hall–Kier alpha value is -0.610. The highest BCUT2D eigenvalue weighted by Gasteiger charge is 2.42. The third-order valence-electron chi connectivity index (χ3n) is 3.26. The molecule has 0 saturated carbocycles. The van der Waals surface area contributed by atoms with Gasteiger partial charge in [0.2, 0.25) is 5.91 Å². The number of carbonyl (C=O) groups is 1. The standard InChI is InChI=1S/C10H19N3O/c1-10(2,11)9(14)13-4-3-7-5-12-6-8(7)13/h7-8,12H,3-6,11H2,1-2H3/t7-,8+/m0/s1. The number of hydrogen-bond acceptors (Lipinski definition) is 3. The maximum atomic E-state index is 12.0. The number of fused-ring (bicyclic) bond motifs is 1. The maximum absolute atomic E-state index is 12.0. The minimum Gasteiger partial charge on any atom is -0.337 e. The molecule has 0 spiro atoms. The average molecular weight is 197 g/mol. The van der Waals surface area contributed by atoms with Crippen LogP contribution in [0.25, 0.3) is 0 Å². The Labute approximate surface area is 84.8 Å². The molecule has 0 bridgehead atoms. The summed E-state index contributed by atoms with van der Waals surface area (Å²) in [5, 5.41) is 3.33. The van der Waals surface area contributed by atoms with Gasteiger partial charge in [0.05, 0.1) is 5.54 Å². The first-order valence-electron chi connectivity index (χ1n) is 5.31. The van der Waals surface area contributed by atoms with Crippen molar-refractivity contribution in [3.05, 3.63) is 0 Å². The van der Waals surface area contributed by atoms with E-state index in [4.69, 9.17) is 5.73 Å². The molecule has 0 radical (unpaired) electrons. The monoisotopic (exact) mass is 197 g/mol. The van der Waals surface area contributed by atoms with Crippen molar-refractivity contribution in [2.45, 2.75) is 31.8 Å². The molecule has 4 heteroatoms. The summed E-state index contributed by atoms with van der Waals surface area (Å²) in [6, 6.07) is 0.394. The molecule has 4 nitrogen and oxygen atoms in total. The lowest BCUT2D eigenvalue weighted by Crippen LogP contribution is -2.53. The quantitative estimate of drug-likeness (QED) is 0.598. The number of carbonyl (C=O) groups excluding carboxylic acids is 1. The molecule has 2 saturated heterocycles. The second-order valence-electron chi connectivity index (χ2n) is 4.99. The van der Waals surface area contributed by atoms with Crippen LogP contribution in [0.3, 0.4) is 0 Å². The highest BCUT2D eigenvalue weighted by Crippen LogP contribution is 2.28. The van der Waals surface area contributed by atoms with Gasteiger partial charge in [-0.05, 0) is 26.2 Å². The lowest BCUT2D eigenvalue weighted by Gasteiger charge is -2.30. The zero-order chi connectivity index (χ0) is 10.3. The molecule has 2 atom stereocenters. The zero-order valence-electron chi connectivity index (χ0n) is 8.92. The van der Waals surface area contributed by atoms with Gasteiger partial charge >= 0.3 is 0 Å². The third-order valence-corrected chi connectivity index (χ3v) is 3.26. The van der Waals surface area contributed by atoms with Crippen LogP contribution in [0.5, 0.6) is 0 Å². The van der Waals surface area contributed by atoms with E-state index < -0.39 is 5.54 Å². The van der Waals surface area contributed by atoms with Crippen LogP contribution in [0.1, 0.15) is 20.3 Å². The second-order valence-corrected chi connectivity index (χ2v) is 4.99. The lowest BCUT2D eigenvalue weighted by atomic mass is 10.0. The van der Waals surface area contributed by atoms with Crippen molar-refractivity contribution in [2.24, 2.45) is 11.7 Å². The Morgan fingerprint density at radius 3 is 2.86 bits per heavy atom. The van der Waals surface area contributed by atoms with Gasteiger partial charge < -0.3 is 16.0 Å². The first-order chi connectivity index (χ1) is 6.50. The summed E-state index contributed by atoms with van der Waals surface area (Å²) in [4.78, 5) is 13.9. The number of likely N-dealkylation sites (tertiary alicyclic amines) is 1. The highest BCUT2D eigenvalue weighted by atomic mass is 16.2. The largest absolute Gasteiger partial charge is 0.337 e. The van der Waals surface area contributed by atoms with Gasteiger partial charge in [-0.15, -0.1) is 0 Å². The summed E-state index contributed by atoms with van der Waals surface area (Å²) in [6.07, 6.45) is 1.12. The van der Waals surface area contributed by atoms with E-state index in [0.717, 1.165) is 26.1 Å². The molecule has 3 N–H and O–H groups in total. The van der Waals surface area contributed by atoms with E-state index in [1.165, 1.54) is 0 Å². The van der Waals surface area contributed by atoms with E-state index in [9.17, 15) is 4.79 Å². The summed E-state index contributed by atoms with van der Waals surface area (Å²) in [5.41, 5.74) is 5.11. The van der Waals surface area contributed by atoms with Gasteiger partial charge in [0.25, 0.3) is 0 Å². The molecule has 2 aliphatic heterocycles. The van der Waals surface area contributed by atoms with Crippen LogP contribution in [0, 0.1) is 5.92 Å². The number of rotatable bonds is 1. The maximum Gasteiger partial charge on any atom is 0.242 e. The molecule has 2 rings (SSSR count). The van der Waals surface area contributed by atoms with E-state index in [1.54, 1.807) is 13.8 Å². The van der Waals surface area contributed by atoms with E-state index in [2.05, 4.69) is 5.32 Å². The Morgan fingerprint density at radius 2 is 2.21 bits per heavy atom. The molecule has 80 valence electrons. The van der Waals surface area contributed by atoms with Crippen molar-refractivity contribution in [2.75, 3.05) is 19.6 Å². The zero-order valence-corrected chi connectivity index (χ0v) is 8.92. The molecular weight excluding hydrogens is 178 g/mol. The Bertz CT molecular complexity index is 246. The number of amides is 1. The van der Waals surface area contributed by atoms with E-state index in [1.807, 2.05) is 4.90 Å². The predicted octanol–water partition coefficient (Wildman–Crippen LogP) is -0.456. The van der Waals surface area contributed by atoms with E-state index in [0.29, 0.717) is 12.0 Å². The smallest absolute Gasteiger partial charge is 0.242 e. The molecule has 2 aliphatic rings. The summed E-state index contributed by atoms with van der Waals surface area (Å²) in [5.74, 6) is 0.745. The minimum atomic E-state index is -0.725. The molecule has 1 amide bonds. The Kier molecular flexibility index (Phi) is 2.27. The lowest BCUT2D eigenvalue weighted by molar-refractivity contribution is -0.136. The predicted molar refractivity (Wildman–Crippen MR) is 54.7 cm³/mol. The fraction of sp³-hybridized carbons (Fsp3) is 0.900. The average Bonchev–Trinajstić information content (AvgIpc) is 2.59. The highest BCUT2D eigenvalue weighted by molar-refractivity contribution is 5.85. The summed E-state index contributed by atoms with van der Waals surface area (Å²) in [6.45, 7) is 6.44. The van der Waals surface area contributed by atoms with Gasteiger partial charge in [0, 0.05) is 25.7 Å². The van der Waals surface area contributed by atoms with Crippen LogP contribution in [-0.2, 0) is 4.79 Å². The molecule has 0 aromatic heterocycles. The molecule has 2 fully saturated rings. The van der Waals surface area contributed by atoms with Crippen molar-refractivity contribution in [3.8, 4) is 0 Å². The molecule has 14 heavy (non-hydrogen) atoms. The Balaban J connectivity index is 2.09. The SMILES string of the molecule is CC(C)(N)C(=O)N1CC[C@H]2CNC[C@H]21. The van der Waals surface area contributed by atoms with Crippen LogP contribution in [0.4, 0.5) is 0 Å².